The van der Waals surface area contributed by atoms with E-state index in [0.29, 0.717) is 71.2 Å². The Labute approximate surface area is 268 Å². The van der Waals surface area contributed by atoms with Gasteiger partial charge in [-0.25, -0.2) is 0 Å². The zero-order chi connectivity index (χ0) is 32.6. The van der Waals surface area contributed by atoms with Crippen molar-refractivity contribution in [1.82, 2.24) is 20.0 Å². The molecule has 0 aromatic heterocycles. The molecule has 242 valence electrons. The van der Waals surface area contributed by atoms with Crippen molar-refractivity contribution in [2.24, 2.45) is 0 Å². The van der Waals surface area contributed by atoms with Gasteiger partial charge >= 0.3 is 23.6 Å². The smallest absolute Gasteiger partial charge is 0.312 e. The minimum absolute atomic E-state index is 0.155. The van der Waals surface area contributed by atoms with Gasteiger partial charge in [-0.15, -0.1) is 0 Å². The average Bonchev–Trinajstić information content (AvgIpc) is 3.05. The van der Waals surface area contributed by atoms with E-state index in [-0.39, 0.29) is 29.3 Å². The Balaban J connectivity index is 1.19. The van der Waals surface area contributed by atoms with Crippen LogP contribution >= 0.6 is 0 Å². The summed E-state index contributed by atoms with van der Waals surface area (Å²) in [6.45, 7) is 1.85. The van der Waals surface area contributed by atoms with Crippen LogP contribution in [0.15, 0.2) is 72.8 Å². The number of hydrogen-bond acceptors (Lipinski definition) is 7. The monoisotopic (exact) mass is 628 g/mol. The van der Waals surface area contributed by atoms with E-state index in [1.165, 1.54) is 0 Å². The predicted octanol–water partition coefficient (Wildman–Crippen LogP) is 2.37. The highest BCUT2D eigenvalue weighted by Gasteiger charge is 2.39. The molecule has 11 nitrogen and oxygen atoms in total. The van der Waals surface area contributed by atoms with Crippen molar-refractivity contribution >= 4 is 23.6 Å². The zero-order valence-electron chi connectivity index (χ0n) is 25.7. The third-order valence-corrected chi connectivity index (χ3v) is 8.78. The molecule has 0 unspecified atom stereocenters. The number of phenolic OH excluding ortho intramolecular Hbond substituents is 3. The van der Waals surface area contributed by atoms with E-state index < -0.39 is 23.6 Å². The molecule has 2 aliphatic rings. The summed E-state index contributed by atoms with van der Waals surface area (Å²) in [6, 6.07) is 20.0. The molecule has 3 aromatic carbocycles. The van der Waals surface area contributed by atoms with Crippen LogP contribution in [0.25, 0.3) is 0 Å². The molecule has 3 aromatic rings. The molecule has 11 heteroatoms. The van der Waals surface area contributed by atoms with Crippen molar-refractivity contribution < 1.29 is 34.5 Å². The van der Waals surface area contributed by atoms with Crippen molar-refractivity contribution in [3.8, 4) is 17.2 Å². The first kappa shape index (κ1) is 32.3. The van der Waals surface area contributed by atoms with Crippen LogP contribution < -0.4 is 5.32 Å². The minimum Gasteiger partial charge on any atom is -0.508 e. The van der Waals surface area contributed by atoms with Crippen LogP contribution in [0, 0.1) is 0 Å². The Kier molecular flexibility index (Phi) is 10.4. The summed E-state index contributed by atoms with van der Waals surface area (Å²) in [5, 5.41) is 31.5. The summed E-state index contributed by atoms with van der Waals surface area (Å²) in [5.74, 6) is -1.78. The van der Waals surface area contributed by atoms with Gasteiger partial charge in [0.2, 0.25) is 0 Å². The van der Waals surface area contributed by atoms with E-state index in [0.717, 1.165) is 16.7 Å². The number of rotatable bonds is 13. The summed E-state index contributed by atoms with van der Waals surface area (Å²) in [6.07, 6.45) is 3.55. The number of amides is 4. The molecule has 5 rings (SSSR count). The number of nitrogens with zero attached hydrogens (tertiary/aromatic N) is 3. The molecular formula is C35H40N4O7. The van der Waals surface area contributed by atoms with Crippen molar-refractivity contribution in [3.63, 3.8) is 0 Å². The molecular weight excluding hydrogens is 588 g/mol. The van der Waals surface area contributed by atoms with Crippen LogP contribution in [-0.4, -0.2) is 98.5 Å². The summed E-state index contributed by atoms with van der Waals surface area (Å²) in [7, 11) is 0. The van der Waals surface area contributed by atoms with Crippen molar-refractivity contribution in [2.45, 2.75) is 50.6 Å². The van der Waals surface area contributed by atoms with Gasteiger partial charge in [0.05, 0.1) is 6.04 Å². The highest BCUT2D eigenvalue weighted by atomic mass is 16.3. The molecule has 2 fully saturated rings. The Morgan fingerprint density at radius 2 is 1.09 bits per heavy atom. The van der Waals surface area contributed by atoms with Crippen molar-refractivity contribution in [2.75, 3.05) is 32.7 Å². The maximum atomic E-state index is 13.4. The van der Waals surface area contributed by atoms with Gasteiger partial charge in [-0.3, -0.25) is 19.2 Å². The first-order chi connectivity index (χ1) is 22.2. The van der Waals surface area contributed by atoms with E-state index in [9.17, 15) is 34.5 Å². The molecule has 2 aliphatic heterocycles. The fraction of sp³-hybridized carbons (Fsp3) is 0.371. The van der Waals surface area contributed by atoms with Gasteiger partial charge in [0.1, 0.15) is 17.2 Å². The molecule has 4 amide bonds. The molecule has 2 saturated heterocycles. The molecule has 0 spiro atoms. The average molecular weight is 629 g/mol. The van der Waals surface area contributed by atoms with Gasteiger partial charge < -0.3 is 35.3 Å². The van der Waals surface area contributed by atoms with E-state index in [2.05, 4.69) is 5.32 Å². The van der Waals surface area contributed by atoms with Gasteiger partial charge in [-0.1, -0.05) is 36.4 Å². The first-order valence-electron chi connectivity index (χ1n) is 15.7. The Morgan fingerprint density at radius 1 is 0.587 bits per heavy atom. The molecule has 2 heterocycles. The van der Waals surface area contributed by atoms with E-state index in [4.69, 9.17) is 0 Å². The number of hydrogen-bond donors (Lipinski definition) is 4. The molecule has 46 heavy (non-hydrogen) atoms. The van der Waals surface area contributed by atoms with E-state index in [1.54, 1.807) is 75.4 Å². The third-order valence-electron chi connectivity index (χ3n) is 8.78. The van der Waals surface area contributed by atoms with E-state index in [1.807, 2.05) is 12.1 Å². The Morgan fingerprint density at radius 3 is 1.63 bits per heavy atom. The Bertz CT molecular complexity index is 1530. The summed E-state index contributed by atoms with van der Waals surface area (Å²) in [4.78, 5) is 56.4. The number of piperazine rings is 2. The zero-order valence-corrected chi connectivity index (χ0v) is 25.7. The molecule has 2 atom stereocenters. The SMILES string of the molecule is O=C1NC[C@@H](CCCCN2C[C@H](Cc3ccc(O)cc3)N(CCc3ccc(O)cc3)C(=O)C2=O)N(CCc2ccc(O)cc2)C1=O. The lowest BCUT2D eigenvalue weighted by Gasteiger charge is -2.41. The number of carbonyl (C=O) groups is 4. The first-order valence-corrected chi connectivity index (χ1v) is 15.7. The fourth-order valence-corrected chi connectivity index (χ4v) is 6.16. The number of carbonyl (C=O) groups excluding carboxylic acids is 4. The molecule has 0 aliphatic carbocycles. The van der Waals surface area contributed by atoms with Crippen LogP contribution in [-0.2, 0) is 38.4 Å². The lowest BCUT2D eigenvalue weighted by molar-refractivity contribution is -0.159. The second-order valence-corrected chi connectivity index (χ2v) is 12.0. The summed E-state index contributed by atoms with van der Waals surface area (Å²) in [5.41, 5.74) is 2.83. The van der Waals surface area contributed by atoms with Gasteiger partial charge in [0.15, 0.2) is 0 Å². The topological polar surface area (TPSA) is 151 Å². The lowest BCUT2D eigenvalue weighted by Crippen LogP contribution is -2.60. The molecule has 0 bridgehead atoms. The number of unbranched alkanes of at least 4 members (excludes halogenated alkanes) is 1. The summed E-state index contributed by atoms with van der Waals surface area (Å²) >= 11 is 0. The predicted molar refractivity (Wildman–Crippen MR) is 170 cm³/mol. The van der Waals surface area contributed by atoms with E-state index >= 15 is 0 Å². The maximum absolute atomic E-state index is 13.4. The number of nitrogens with one attached hydrogen (secondary N) is 1. The maximum Gasteiger partial charge on any atom is 0.312 e. The van der Waals surface area contributed by atoms with Crippen LogP contribution in [0.4, 0.5) is 0 Å². The quantitative estimate of drug-likeness (QED) is 0.168. The normalized spacial score (nSPS) is 18.7. The fourth-order valence-electron chi connectivity index (χ4n) is 6.16. The minimum atomic E-state index is -0.617. The molecule has 4 N–H and O–H groups in total. The highest BCUT2D eigenvalue weighted by molar-refractivity contribution is 6.36. The van der Waals surface area contributed by atoms with Crippen molar-refractivity contribution in [3.05, 3.63) is 89.5 Å². The number of benzene rings is 3. The van der Waals surface area contributed by atoms with Crippen molar-refractivity contribution in [1.29, 1.82) is 0 Å². The van der Waals surface area contributed by atoms with Crippen LogP contribution in [0.2, 0.25) is 0 Å². The van der Waals surface area contributed by atoms with Crippen LogP contribution in [0.5, 0.6) is 17.2 Å². The number of aromatic hydroxyl groups is 3. The molecule has 0 radical (unpaired) electrons. The second kappa shape index (κ2) is 14.8. The van der Waals surface area contributed by atoms with Gasteiger partial charge in [0, 0.05) is 38.8 Å². The van der Waals surface area contributed by atoms with Gasteiger partial charge in [-0.05, 0) is 91.6 Å². The second-order valence-electron chi connectivity index (χ2n) is 12.0. The number of phenols is 3. The highest BCUT2D eigenvalue weighted by Crippen LogP contribution is 2.22. The van der Waals surface area contributed by atoms with Gasteiger partial charge in [0.25, 0.3) is 0 Å². The van der Waals surface area contributed by atoms with Crippen LogP contribution in [0.3, 0.4) is 0 Å². The lowest BCUT2D eigenvalue weighted by atomic mass is 9.99. The third kappa shape index (κ3) is 8.15. The largest absolute Gasteiger partial charge is 0.508 e. The summed E-state index contributed by atoms with van der Waals surface area (Å²) < 4.78 is 0. The Hall–Kier alpha value is -5.06. The molecule has 0 saturated carbocycles. The standard InChI is InChI=1S/C35H40N4O7/c40-29-10-4-24(5-11-29)16-19-38-27(22-36-32(43)33(38)44)3-1-2-18-37-23-28(21-26-8-14-31(42)15-9-26)39(35(46)34(37)45)20-17-25-6-12-30(41)13-7-25/h4-15,27-28,40-42H,1-3,16-23H2,(H,36,43)/t27-,28+/m1/s1. The van der Waals surface area contributed by atoms with Crippen LogP contribution in [0.1, 0.15) is 36.0 Å². The van der Waals surface area contributed by atoms with Gasteiger partial charge in [-0.2, -0.15) is 0 Å².